The lowest BCUT2D eigenvalue weighted by molar-refractivity contribution is -0.143. The molecule has 2 aliphatic heterocycles. The largest absolute Gasteiger partial charge is 0.480 e. The van der Waals surface area contributed by atoms with Gasteiger partial charge in [-0.25, -0.2) is 18.3 Å². The van der Waals surface area contributed by atoms with Crippen LogP contribution in [0.2, 0.25) is 0 Å². The number of alkyl halides is 3. The van der Waals surface area contributed by atoms with Crippen LogP contribution in [0.1, 0.15) is 42.5 Å². The first-order valence-electron chi connectivity index (χ1n) is 13.4. The Kier molecular flexibility index (Phi) is 9.97. The van der Waals surface area contributed by atoms with Gasteiger partial charge < -0.3 is 21.1 Å². The molecule has 0 aliphatic carbocycles. The number of carbonyl (C=O) groups is 3. The maximum atomic E-state index is 12.9. The fourth-order valence-corrected chi connectivity index (χ4v) is 5.91. The van der Waals surface area contributed by atoms with E-state index in [1.54, 1.807) is 0 Å². The molecule has 2 aliphatic rings. The molecule has 1 aromatic carbocycles. The van der Waals surface area contributed by atoms with Crippen LogP contribution < -0.4 is 16.0 Å². The van der Waals surface area contributed by atoms with Gasteiger partial charge in [0, 0.05) is 38.3 Å². The Labute approximate surface area is 237 Å². The first kappa shape index (κ1) is 30.4. The smallest absolute Gasteiger partial charge is 0.416 e. The van der Waals surface area contributed by atoms with Gasteiger partial charge >= 0.3 is 12.1 Å². The zero-order chi connectivity index (χ0) is 29.6. The number of pyridine rings is 1. The maximum Gasteiger partial charge on any atom is 0.416 e. The Morgan fingerprint density at radius 3 is 2.68 bits per heavy atom. The molecule has 41 heavy (non-hydrogen) atoms. The minimum absolute atomic E-state index is 0.0114. The Hall–Kier alpha value is -3.52. The van der Waals surface area contributed by atoms with Crippen molar-refractivity contribution in [1.29, 1.82) is 0 Å². The number of benzene rings is 1. The van der Waals surface area contributed by atoms with Crippen LogP contribution in [0.25, 0.3) is 0 Å². The number of hydrogen-bond donors (Lipinski definition) is 4. The molecule has 0 bridgehead atoms. The van der Waals surface area contributed by atoms with Crippen LogP contribution in [-0.2, 0) is 44.4 Å². The van der Waals surface area contributed by atoms with Crippen molar-refractivity contribution in [3.8, 4) is 0 Å². The summed E-state index contributed by atoms with van der Waals surface area (Å²) < 4.78 is 52.8. The average Bonchev–Trinajstić information content (AvgIpc) is 2.91. The van der Waals surface area contributed by atoms with Crippen LogP contribution >= 0.6 is 0 Å². The third-order valence-corrected chi connectivity index (χ3v) is 8.40. The number of aromatic nitrogens is 1. The summed E-state index contributed by atoms with van der Waals surface area (Å²) in [5, 5.41) is 17.7. The number of amides is 2. The van der Waals surface area contributed by atoms with Gasteiger partial charge in [-0.15, -0.1) is 0 Å². The summed E-state index contributed by atoms with van der Waals surface area (Å²) >= 11 is 0. The molecule has 10 nitrogen and oxygen atoms in total. The average molecular weight is 596 g/mol. The Morgan fingerprint density at radius 1 is 1.17 bits per heavy atom. The maximum absolute atomic E-state index is 12.9. The predicted molar refractivity (Wildman–Crippen MR) is 144 cm³/mol. The monoisotopic (exact) mass is 595 g/mol. The van der Waals surface area contributed by atoms with Crippen LogP contribution in [0, 0.1) is 5.92 Å². The van der Waals surface area contributed by atoms with Crippen LogP contribution in [0.3, 0.4) is 0 Å². The number of unbranched alkanes of at least 4 members (excludes halogenated alkanes) is 1. The molecule has 1 aromatic heterocycles. The van der Waals surface area contributed by atoms with Crippen LogP contribution in [0.15, 0.2) is 41.3 Å². The van der Waals surface area contributed by atoms with Gasteiger partial charge in [0.1, 0.15) is 22.8 Å². The summed E-state index contributed by atoms with van der Waals surface area (Å²) in [6.07, 6.45) is -0.243. The first-order valence-corrected chi connectivity index (χ1v) is 14.5. The Bertz CT molecular complexity index is 1300. The second-order valence-corrected chi connectivity index (χ2v) is 11.6. The highest BCUT2D eigenvalue weighted by molar-refractivity contribution is 7.82. The van der Waals surface area contributed by atoms with E-state index in [1.165, 1.54) is 15.9 Å². The number of hydrogen-bond acceptors (Lipinski definition) is 6. The summed E-state index contributed by atoms with van der Waals surface area (Å²) in [5.74, 6) is -2.02. The highest BCUT2D eigenvalue weighted by atomic mass is 32.2. The normalized spacial score (nSPS) is 17.0. The summed E-state index contributed by atoms with van der Waals surface area (Å²) in [5.41, 5.74) is 1.23. The van der Waals surface area contributed by atoms with E-state index in [1.807, 2.05) is 6.07 Å². The number of anilines is 1. The van der Waals surface area contributed by atoms with E-state index < -0.39 is 46.6 Å². The Balaban J connectivity index is 1.16. The predicted octanol–water partition coefficient (Wildman–Crippen LogP) is 2.51. The molecule has 2 aromatic rings. The number of nitrogens with one attached hydrogen (secondary N) is 3. The zero-order valence-electron chi connectivity index (χ0n) is 22.2. The minimum Gasteiger partial charge on any atom is -0.480 e. The molecule has 222 valence electrons. The standard InChI is InChI=1S/C27H32F3N5O5S/c28-27(29,30)19-6-3-8-21(13-19)41(40)35-15-18(16-35)25(37)34-22(26(38)39)14-32-23(36)9-2-1-7-20-11-10-17-5-4-12-31-24(17)33-20/h3,6,8,10-11,13,18,22H,1-2,4-5,7,9,12,14-16H2,(H,31,33)(H,32,36)(H,34,37)(H,38,39). The quantitative estimate of drug-likeness (QED) is 0.277. The number of carboxylic acids is 1. The van der Waals surface area contributed by atoms with E-state index in [-0.39, 0.29) is 36.9 Å². The summed E-state index contributed by atoms with van der Waals surface area (Å²) in [6.45, 7) is 0.584. The molecule has 4 N–H and O–H groups in total. The molecular weight excluding hydrogens is 563 g/mol. The van der Waals surface area contributed by atoms with E-state index in [0.717, 1.165) is 55.5 Å². The molecule has 1 saturated heterocycles. The second-order valence-electron chi connectivity index (χ2n) is 10.1. The number of nitrogens with zero attached hydrogens (tertiary/aromatic N) is 2. The van der Waals surface area contributed by atoms with Crippen LogP contribution in [-0.4, -0.2) is 68.6 Å². The van der Waals surface area contributed by atoms with Crippen LogP contribution in [0.4, 0.5) is 19.0 Å². The third kappa shape index (κ3) is 8.26. The van der Waals surface area contributed by atoms with Gasteiger partial charge in [0.15, 0.2) is 0 Å². The van der Waals surface area contributed by atoms with Crippen molar-refractivity contribution in [2.75, 3.05) is 31.5 Å². The number of fused-ring (bicyclic) bond motifs is 1. The molecule has 4 rings (SSSR count). The van der Waals surface area contributed by atoms with Crippen molar-refractivity contribution in [3.63, 3.8) is 0 Å². The molecule has 14 heteroatoms. The fraction of sp³-hybridized carbons (Fsp3) is 0.481. The summed E-state index contributed by atoms with van der Waals surface area (Å²) in [6, 6.07) is 6.87. The van der Waals surface area contributed by atoms with Gasteiger partial charge in [-0.05, 0) is 61.9 Å². The van der Waals surface area contributed by atoms with Crippen molar-refractivity contribution in [2.24, 2.45) is 5.92 Å². The first-order chi connectivity index (χ1) is 19.5. The van der Waals surface area contributed by atoms with Crippen LogP contribution in [0.5, 0.6) is 0 Å². The van der Waals surface area contributed by atoms with Crippen molar-refractivity contribution >= 4 is 34.6 Å². The highest BCUT2D eigenvalue weighted by Gasteiger charge is 2.38. The van der Waals surface area contributed by atoms with E-state index in [0.29, 0.717) is 12.8 Å². The number of halogens is 3. The van der Waals surface area contributed by atoms with Gasteiger partial charge in [0.2, 0.25) is 11.8 Å². The number of aliphatic carboxylic acids is 1. The summed E-state index contributed by atoms with van der Waals surface area (Å²) in [7, 11) is -1.90. The Morgan fingerprint density at radius 2 is 1.95 bits per heavy atom. The van der Waals surface area contributed by atoms with Gasteiger partial charge in [0.05, 0.1) is 16.4 Å². The topological polar surface area (TPSA) is 141 Å². The summed E-state index contributed by atoms with van der Waals surface area (Å²) in [4.78, 5) is 41.0. The van der Waals surface area contributed by atoms with Crippen molar-refractivity contribution in [1.82, 2.24) is 19.9 Å². The fourth-order valence-electron chi connectivity index (χ4n) is 4.56. The lowest BCUT2D eigenvalue weighted by Crippen LogP contribution is -2.57. The van der Waals surface area contributed by atoms with E-state index in [2.05, 4.69) is 27.0 Å². The number of rotatable bonds is 12. The molecular formula is C27H32F3N5O5S. The molecule has 2 unspecified atom stereocenters. The lowest BCUT2D eigenvalue weighted by atomic mass is 10.0. The molecule has 3 heterocycles. The van der Waals surface area contributed by atoms with Crippen molar-refractivity contribution in [3.05, 3.63) is 53.2 Å². The lowest BCUT2D eigenvalue weighted by Gasteiger charge is -2.37. The van der Waals surface area contributed by atoms with Gasteiger partial charge in [-0.3, -0.25) is 9.59 Å². The van der Waals surface area contributed by atoms with Gasteiger partial charge in [-0.1, -0.05) is 12.1 Å². The zero-order valence-corrected chi connectivity index (χ0v) is 23.0. The van der Waals surface area contributed by atoms with Crippen molar-refractivity contribution < 1.29 is 36.9 Å². The molecule has 0 radical (unpaired) electrons. The highest BCUT2D eigenvalue weighted by Crippen LogP contribution is 2.31. The molecule has 2 atom stereocenters. The van der Waals surface area contributed by atoms with Crippen molar-refractivity contribution in [2.45, 2.75) is 55.6 Å². The molecule has 2 amide bonds. The second kappa shape index (κ2) is 13.4. The minimum atomic E-state index is -4.57. The molecule has 1 fully saturated rings. The van der Waals surface area contributed by atoms with E-state index in [4.69, 9.17) is 0 Å². The van der Waals surface area contributed by atoms with Gasteiger partial charge in [0.25, 0.3) is 0 Å². The van der Waals surface area contributed by atoms with E-state index in [9.17, 15) is 36.9 Å². The third-order valence-electron chi connectivity index (χ3n) is 6.97. The number of carboxylic acid groups (broad SMARTS) is 1. The van der Waals surface area contributed by atoms with E-state index >= 15 is 0 Å². The van der Waals surface area contributed by atoms with Gasteiger partial charge in [-0.2, -0.15) is 13.2 Å². The SMILES string of the molecule is O=C(CCCCc1ccc2c(n1)NCCC2)NCC(NC(=O)C1CN(S(=O)c2cccc(C(F)(F)F)c2)C1)C(=O)O. The molecule has 0 saturated carbocycles. The number of carbonyl (C=O) groups excluding carboxylic acids is 2. The molecule has 0 spiro atoms. The number of aryl methyl sites for hydroxylation is 2.